The molecular formula is C9H13F3. The number of hydrogen-bond acceptors (Lipinski definition) is 0. The van der Waals surface area contributed by atoms with Gasteiger partial charge in [-0.1, -0.05) is 23.8 Å². The highest BCUT2D eigenvalue weighted by molar-refractivity contribution is 5.04. The van der Waals surface area contributed by atoms with Crippen molar-refractivity contribution < 1.29 is 13.2 Å². The van der Waals surface area contributed by atoms with E-state index in [4.69, 9.17) is 0 Å². The molecule has 0 aromatic rings. The molecule has 0 aliphatic heterocycles. The van der Waals surface area contributed by atoms with Gasteiger partial charge in [-0.15, -0.1) is 0 Å². The Kier molecular flexibility index (Phi) is 4.71. The summed E-state index contributed by atoms with van der Waals surface area (Å²) in [7, 11) is 0. The number of rotatable bonds is 3. The van der Waals surface area contributed by atoms with Gasteiger partial charge in [-0.2, -0.15) is 13.2 Å². The molecule has 0 spiro atoms. The summed E-state index contributed by atoms with van der Waals surface area (Å²) in [5.41, 5.74) is 0.755. The summed E-state index contributed by atoms with van der Waals surface area (Å²) < 4.78 is 35.0. The second-order valence-electron chi connectivity index (χ2n) is 2.64. The molecule has 12 heavy (non-hydrogen) atoms. The zero-order valence-electron chi connectivity index (χ0n) is 7.28. The molecule has 0 heterocycles. The van der Waals surface area contributed by atoms with Gasteiger partial charge >= 0.3 is 6.18 Å². The topological polar surface area (TPSA) is 0 Å². The maximum atomic E-state index is 11.7. The quantitative estimate of drug-likeness (QED) is 0.576. The predicted octanol–water partition coefficient (Wildman–Crippen LogP) is 3.85. The third-order valence-corrected chi connectivity index (χ3v) is 1.36. The van der Waals surface area contributed by atoms with Crippen LogP contribution in [0.5, 0.6) is 0 Å². The lowest BCUT2D eigenvalue weighted by molar-refractivity contribution is -0.125. The van der Waals surface area contributed by atoms with Crippen molar-refractivity contribution >= 4 is 0 Å². The van der Waals surface area contributed by atoms with E-state index in [1.54, 1.807) is 6.92 Å². The summed E-state index contributed by atoms with van der Waals surface area (Å²) in [6, 6.07) is 0. The minimum atomic E-state index is -4.07. The van der Waals surface area contributed by atoms with Crippen LogP contribution in [0, 0.1) is 0 Å². The summed E-state index contributed by atoms with van der Waals surface area (Å²) in [5, 5.41) is 0. The normalized spacial score (nSPS) is 14.2. The molecule has 0 aliphatic carbocycles. The third-order valence-electron chi connectivity index (χ3n) is 1.36. The van der Waals surface area contributed by atoms with Crippen molar-refractivity contribution in [3.63, 3.8) is 0 Å². The monoisotopic (exact) mass is 178 g/mol. The Morgan fingerprint density at radius 2 is 1.92 bits per heavy atom. The van der Waals surface area contributed by atoms with Gasteiger partial charge in [-0.05, 0) is 20.3 Å². The molecule has 0 bridgehead atoms. The molecule has 0 aliphatic rings. The molecule has 0 radical (unpaired) electrons. The first-order valence-corrected chi connectivity index (χ1v) is 3.79. The molecule has 0 N–H and O–H groups in total. The highest BCUT2D eigenvalue weighted by Gasteiger charge is 2.24. The van der Waals surface area contributed by atoms with Crippen molar-refractivity contribution in [2.75, 3.05) is 0 Å². The smallest absolute Gasteiger partial charge is 0.171 e. The number of allylic oxidation sites excluding steroid dienone is 4. The summed E-state index contributed by atoms with van der Waals surface area (Å²) in [4.78, 5) is 0. The Morgan fingerprint density at radius 3 is 2.33 bits per heavy atom. The molecule has 0 nitrogen and oxygen atoms in total. The lowest BCUT2D eigenvalue weighted by atomic mass is 10.1. The van der Waals surface area contributed by atoms with E-state index in [1.807, 2.05) is 19.1 Å². The molecule has 70 valence electrons. The largest absolute Gasteiger partial charge is 0.392 e. The third kappa shape index (κ3) is 7.38. The Labute approximate surface area is 70.8 Å². The van der Waals surface area contributed by atoms with Crippen LogP contribution in [-0.2, 0) is 0 Å². The van der Waals surface area contributed by atoms with E-state index < -0.39 is 12.6 Å². The zero-order valence-corrected chi connectivity index (χ0v) is 7.28. The van der Waals surface area contributed by atoms with Crippen molar-refractivity contribution in [2.24, 2.45) is 0 Å². The molecule has 0 unspecified atom stereocenters. The SMILES string of the molecule is C/C=C\C/C(C)=C\CC(F)(F)F. The van der Waals surface area contributed by atoms with Crippen LogP contribution in [0.1, 0.15) is 26.7 Å². The maximum Gasteiger partial charge on any atom is 0.392 e. The number of halogens is 3. The summed E-state index contributed by atoms with van der Waals surface area (Å²) in [6.07, 6.45) is 0.591. The lowest BCUT2D eigenvalue weighted by Crippen LogP contribution is -2.04. The van der Waals surface area contributed by atoms with Crippen LogP contribution >= 0.6 is 0 Å². The fraction of sp³-hybridized carbons (Fsp3) is 0.556. The lowest BCUT2D eigenvalue weighted by Gasteiger charge is -2.02. The minimum Gasteiger partial charge on any atom is -0.171 e. The van der Waals surface area contributed by atoms with Gasteiger partial charge in [-0.25, -0.2) is 0 Å². The van der Waals surface area contributed by atoms with Crippen molar-refractivity contribution in [1.82, 2.24) is 0 Å². The van der Waals surface area contributed by atoms with Crippen molar-refractivity contribution in [3.8, 4) is 0 Å². The van der Waals surface area contributed by atoms with E-state index in [1.165, 1.54) is 6.08 Å². The second kappa shape index (κ2) is 5.01. The van der Waals surface area contributed by atoms with E-state index in [9.17, 15) is 13.2 Å². The summed E-state index contributed by atoms with van der Waals surface area (Å²) in [5.74, 6) is 0. The van der Waals surface area contributed by atoms with Gasteiger partial charge < -0.3 is 0 Å². The van der Waals surface area contributed by atoms with E-state index in [0.29, 0.717) is 6.42 Å². The molecule has 0 saturated heterocycles. The van der Waals surface area contributed by atoms with Gasteiger partial charge in [0.05, 0.1) is 6.42 Å². The van der Waals surface area contributed by atoms with Crippen LogP contribution in [0.2, 0.25) is 0 Å². The van der Waals surface area contributed by atoms with E-state index in [0.717, 1.165) is 5.57 Å². The average Bonchev–Trinajstić information content (AvgIpc) is 1.95. The van der Waals surface area contributed by atoms with Crippen molar-refractivity contribution in [1.29, 1.82) is 0 Å². The number of hydrogen-bond donors (Lipinski definition) is 0. The predicted molar refractivity (Wildman–Crippen MR) is 43.9 cm³/mol. The molecule has 0 rings (SSSR count). The highest BCUT2D eigenvalue weighted by atomic mass is 19.4. The maximum absolute atomic E-state index is 11.7. The first-order valence-electron chi connectivity index (χ1n) is 3.79. The molecule has 3 heteroatoms. The Balaban J connectivity index is 3.84. The molecular weight excluding hydrogens is 165 g/mol. The molecule has 0 fully saturated rings. The standard InChI is InChI=1S/C9H13F3/c1-3-4-5-8(2)6-7-9(10,11)12/h3-4,6H,5,7H2,1-2H3/b4-3-,8-6-. The van der Waals surface area contributed by atoms with Crippen LogP contribution in [-0.4, -0.2) is 6.18 Å². The van der Waals surface area contributed by atoms with E-state index in [-0.39, 0.29) is 0 Å². The van der Waals surface area contributed by atoms with Crippen LogP contribution in [0.3, 0.4) is 0 Å². The highest BCUT2D eigenvalue weighted by Crippen LogP contribution is 2.21. The first-order chi connectivity index (χ1) is 5.45. The molecule has 0 aromatic carbocycles. The fourth-order valence-corrected chi connectivity index (χ4v) is 0.677. The minimum absolute atomic E-state index is 0.604. The molecule has 0 saturated carbocycles. The molecule has 0 amide bonds. The Bertz CT molecular complexity index is 175. The van der Waals surface area contributed by atoms with E-state index in [2.05, 4.69) is 0 Å². The second-order valence-corrected chi connectivity index (χ2v) is 2.64. The number of alkyl halides is 3. The van der Waals surface area contributed by atoms with Crippen LogP contribution in [0.4, 0.5) is 13.2 Å². The van der Waals surface area contributed by atoms with Gasteiger partial charge in [0.15, 0.2) is 0 Å². The fourth-order valence-electron chi connectivity index (χ4n) is 0.677. The summed E-state index contributed by atoms with van der Waals surface area (Å²) >= 11 is 0. The van der Waals surface area contributed by atoms with Crippen LogP contribution in [0.25, 0.3) is 0 Å². The van der Waals surface area contributed by atoms with E-state index >= 15 is 0 Å². The zero-order chi connectivity index (χ0) is 9.61. The first kappa shape index (κ1) is 11.3. The van der Waals surface area contributed by atoms with Gasteiger partial charge in [0, 0.05) is 0 Å². The van der Waals surface area contributed by atoms with Crippen molar-refractivity contribution in [2.45, 2.75) is 32.9 Å². The Hall–Kier alpha value is -0.730. The summed E-state index contributed by atoms with van der Waals surface area (Å²) in [6.45, 7) is 3.54. The average molecular weight is 178 g/mol. The van der Waals surface area contributed by atoms with Crippen LogP contribution in [0.15, 0.2) is 23.8 Å². The van der Waals surface area contributed by atoms with Crippen LogP contribution < -0.4 is 0 Å². The van der Waals surface area contributed by atoms with Crippen molar-refractivity contribution in [3.05, 3.63) is 23.8 Å². The molecule has 0 atom stereocenters. The molecule has 0 aromatic heterocycles. The van der Waals surface area contributed by atoms with Gasteiger partial charge in [-0.3, -0.25) is 0 Å². The van der Waals surface area contributed by atoms with Gasteiger partial charge in [0.25, 0.3) is 0 Å². The van der Waals surface area contributed by atoms with Gasteiger partial charge in [0.1, 0.15) is 0 Å². The Morgan fingerprint density at radius 1 is 1.33 bits per heavy atom. The van der Waals surface area contributed by atoms with Gasteiger partial charge in [0.2, 0.25) is 0 Å².